The van der Waals surface area contributed by atoms with E-state index in [1.165, 1.54) is 0 Å². The molecule has 5 heteroatoms. The van der Waals surface area contributed by atoms with Gasteiger partial charge in [0.15, 0.2) is 0 Å². The van der Waals surface area contributed by atoms with Crippen molar-refractivity contribution in [2.45, 2.75) is 32.8 Å². The Morgan fingerprint density at radius 3 is 2.18 bits per heavy atom. The summed E-state index contributed by atoms with van der Waals surface area (Å²) < 4.78 is 5.18. The lowest BCUT2D eigenvalue weighted by Gasteiger charge is -2.32. The fraction of sp³-hybridized carbons (Fsp3) is 0.833. The number of ether oxygens (including phenoxy) is 1. The topological polar surface area (TPSA) is 49.9 Å². The van der Waals surface area contributed by atoms with E-state index in [0.29, 0.717) is 25.9 Å². The number of rotatable bonds is 2. The third-order valence-electron chi connectivity index (χ3n) is 2.83. The number of urea groups is 1. The van der Waals surface area contributed by atoms with E-state index in [9.17, 15) is 9.59 Å². The van der Waals surface area contributed by atoms with E-state index >= 15 is 0 Å². The summed E-state index contributed by atoms with van der Waals surface area (Å²) in [7, 11) is 3.48. The van der Waals surface area contributed by atoms with E-state index in [4.69, 9.17) is 4.74 Å². The van der Waals surface area contributed by atoms with Gasteiger partial charge in [-0.3, -0.25) is 4.79 Å². The van der Waals surface area contributed by atoms with Crippen LogP contribution in [0.25, 0.3) is 0 Å². The molecule has 0 atom stereocenters. The van der Waals surface area contributed by atoms with Crippen molar-refractivity contribution in [2.75, 3.05) is 27.2 Å². The normalized spacial score (nSPS) is 17.1. The highest BCUT2D eigenvalue weighted by atomic mass is 16.5. The summed E-state index contributed by atoms with van der Waals surface area (Å²) in [5, 5.41) is 0. The first kappa shape index (κ1) is 13.8. The summed E-state index contributed by atoms with van der Waals surface area (Å²) in [5.74, 6) is -0.180. The van der Waals surface area contributed by atoms with Crippen molar-refractivity contribution in [3.05, 3.63) is 0 Å². The van der Waals surface area contributed by atoms with Crippen molar-refractivity contribution in [1.82, 2.24) is 9.80 Å². The first-order chi connectivity index (χ1) is 7.91. The molecule has 2 amide bonds. The molecule has 0 unspecified atom stereocenters. The molecule has 1 fully saturated rings. The lowest BCUT2D eigenvalue weighted by atomic mass is 9.97. The second-order valence-corrected chi connectivity index (χ2v) is 4.92. The second kappa shape index (κ2) is 5.89. The van der Waals surface area contributed by atoms with Gasteiger partial charge in [-0.05, 0) is 26.7 Å². The molecule has 0 aromatic rings. The van der Waals surface area contributed by atoms with Crippen LogP contribution in [0.4, 0.5) is 4.79 Å². The van der Waals surface area contributed by atoms with Crippen molar-refractivity contribution in [2.24, 2.45) is 5.92 Å². The molecule has 0 radical (unpaired) electrons. The number of nitrogens with zero attached hydrogens (tertiary/aromatic N) is 2. The Hall–Kier alpha value is -1.26. The molecular formula is C12H22N2O3. The van der Waals surface area contributed by atoms with Crippen LogP contribution in [0.15, 0.2) is 0 Å². The molecular weight excluding hydrogens is 220 g/mol. The number of esters is 1. The first-order valence-corrected chi connectivity index (χ1v) is 6.08. The predicted molar refractivity (Wildman–Crippen MR) is 64.6 cm³/mol. The summed E-state index contributed by atoms with van der Waals surface area (Å²) in [5.41, 5.74) is 0. The fourth-order valence-electron chi connectivity index (χ4n) is 1.92. The molecule has 0 saturated carbocycles. The predicted octanol–water partition coefficient (Wildman–Crippen LogP) is 1.33. The molecule has 1 aliphatic rings. The summed E-state index contributed by atoms with van der Waals surface area (Å²) in [6.07, 6.45) is 1.33. The minimum Gasteiger partial charge on any atom is -0.463 e. The summed E-state index contributed by atoms with van der Waals surface area (Å²) in [6.45, 7) is 4.97. The average molecular weight is 242 g/mol. The highest BCUT2D eigenvalue weighted by molar-refractivity contribution is 5.75. The molecule has 1 saturated heterocycles. The summed E-state index contributed by atoms with van der Waals surface area (Å²) >= 11 is 0. The zero-order valence-electron chi connectivity index (χ0n) is 11.1. The van der Waals surface area contributed by atoms with E-state index in [-0.39, 0.29) is 24.0 Å². The Bertz CT molecular complexity index is 281. The first-order valence-electron chi connectivity index (χ1n) is 6.08. The van der Waals surface area contributed by atoms with Crippen LogP contribution in [-0.2, 0) is 9.53 Å². The van der Waals surface area contributed by atoms with Crippen LogP contribution >= 0.6 is 0 Å². The molecule has 0 aliphatic carbocycles. The van der Waals surface area contributed by atoms with Gasteiger partial charge >= 0.3 is 12.0 Å². The monoisotopic (exact) mass is 242 g/mol. The van der Waals surface area contributed by atoms with Gasteiger partial charge in [-0.25, -0.2) is 4.79 Å². The van der Waals surface area contributed by atoms with Gasteiger partial charge in [0.2, 0.25) is 0 Å². The van der Waals surface area contributed by atoms with E-state index in [1.54, 1.807) is 23.9 Å². The molecule has 0 spiro atoms. The highest BCUT2D eigenvalue weighted by Gasteiger charge is 2.29. The van der Waals surface area contributed by atoms with Crippen LogP contribution in [0.2, 0.25) is 0 Å². The van der Waals surface area contributed by atoms with Crippen LogP contribution in [0, 0.1) is 5.92 Å². The Morgan fingerprint density at radius 1 is 1.24 bits per heavy atom. The number of piperidine rings is 1. The van der Waals surface area contributed by atoms with Crippen LogP contribution in [0.3, 0.4) is 0 Å². The number of hydrogen-bond donors (Lipinski definition) is 0. The SMILES string of the molecule is CC(C)OC(=O)C1CCN(C(=O)N(C)C)CC1. The Labute approximate surface area is 103 Å². The zero-order chi connectivity index (χ0) is 13.0. The van der Waals surface area contributed by atoms with E-state index in [2.05, 4.69) is 0 Å². The number of likely N-dealkylation sites (tertiary alicyclic amines) is 1. The minimum absolute atomic E-state index is 0.0145. The summed E-state index contributed by atoms with van der Waals surface area (Å²) in [6, 6.07) is 0.0145. The number of carbonyl (C=O) groups excluding carboxylic acids is 2. The average Bonchev–Trinajstić information content (AvgIpc) is 2.27. The molecule has 0 aromatic heterocycles. The smallest absolute Gasteiger partial charge is 0.319 e. The number of amides is 2. The van der Waals surface area contributed by atoms with E-state index in [0.717, 1.165) is 0 Å². The van der Waals surface area contributed by atoms with Gasteiger partial charge in [0.25, 0.3) is 0 Å². The van der Waals surface area contributed by atoms with Gasteiger partial charge < -0.3 is 14.5 Å². The Morgan fingerprint density at radius 2 is 1.76 bits per heavy atom. The number of hydrogen-bond acceptors (Lipinski definition) is 3. The van der Waals surface area contributed by atoms with E-state index < -0.39 is 0 Å². The van der Waals surface area contributed by atoms with Crippen LogP contribution < -0.4 is 0 Å². The summed E-state index contributed by atoms with van der Waals surface area (Å²) in [4.78, 5) is 26.7. The van der Waals surface area contributed by atoms with Gasteiger partial charge in [-0.15, -0.1) is 0 Å². The Kier molecular flexibility index (Phi) is 4.78. The zero-order valence-corrected chi connectivity index (χ0v) is 11.1. The molecule has 5 nitrogen and oxygen atoms in total. The van der Waals surface area contributed by atoms with Crippen LogP contribution in [0.5, 0.6) is 0 Å². The van der Waals surface area contributed by atoms with Crippen molar-refractivity contribution >= 4 is 12.0 Å². The van der Waals surface area contributed by atoms with Crippen LogP contribution in [0.1, 0.15) is 26.7 Å². The third kappa shape index (κ3) is 3.91. The van der Waals surface area contributed by atoms with E-state index in [1.807, 2.05) is 13.8 Å². The maximum absolute atomic E-state index is 11.7. The van der Waals surface area contributed by atoms with Gasteiger partial charge in [-0.1, -0.05) is 0 Å². The number of carbonyl (C=O) groups is 2. The van der Waals surface area contributed by atoms with Crippen molar-refractivity contribution < 1.29 is 14.3 Å². The van der Waals surface area contributed by atoms with Gasteiger partial charge in [0.05, 0.1) is 12.0 Å². The van der Waals surface area contributed by atoms with Crippen molar-refractivity contribution in [3.8, 4) is 0 Å². The van der Waals surface area contributed by atoms with Gasteiger partial charge in [-0.2, -0.15) is 0 Å². The lowest BCUT2D eigenvalue weighted by Crippen LogP contribution is -2.45. The minimum atomic E-state index is -0.128. The molecule has 0 N–H and O–H groups in total. The van der Waals surface area contributed by atoms with Crippen LogP contribution in [-0.4, -0.2) is 55.1 Å². The Balaban J connectivity index is 2.40. The fourth-order valence-corrected chi connectivity index (χ4v) is 1.92. The van der Waals surface area contributed by atoms with Crippen molar-refractivity contribution in [3.63, 3.8) is 0 Å². The third-order valence-corrected chi connectivity index (χ3v) is 2.83. The maximum Gasteiger partial charge on any atom is 0.319 e. The maximum atomic E-state index is 11.7. The standard InChI is InChI=1S/C12H22N2O3/c1-9(2)17-11(15)10-5-7-14(8-6-10)12(16)13(3)4/h9-10H,5-8H2,1-4H3. The molecule has 0 aromatic carbocycles. The molecule has 0 bridgehead atoms. The lowest BCUT2D eigenvalue weighted by molar-refractivity contribution is -0.153. The van der Waals surface area contributed by atoms with Crippen molar-refractivity contribution in [1.29, 1.82) is 0 Å². The molecule has 1 heterocycles. The quantitative estimate of drug-likeness (QED) is 0.686. The molecule has 1 aliphatic heterocycles. The van der Waals surface area contributed by atoms with Gasteiger partial charge in [0.1, 0.15) is 0 Å². The largest absolute Gasteiger partial charge is 0.463 e. The molecule has 17 heavy (non-hydrogen) atoms. The molecule has 98 valence electrons. The second-order valence-electron chi connectivity index (χ2n) is 4.92. The van der Waals surface area contributed by atoms with Gasteiger partial charge in [0, 0.05) is 27.2 Å². The molecule has 1 rings (SSSR count). The highest BCUT2D eigenvalue weighted by Crippen LogP contribution is 2.19.